The van der Waals surface area contributed by atoms with Crippen molar-refractivity contribution in [2.45, 2.75) is 43.7 Å². The van der Waals surface area contributed by atoms with E-state index in [1.165, 1.54) is 0 Å². The van der Waals surface area contributed by atoms with Gasteiger partial charge < -0.3 is 19.7 Å². The Morgan fingerprint density at radius 3 is 2.92 bits per heavy atom. The molecule has 2 rings (SSSR count). The average molecular weight is 188 g/mol. The van der Waals surface area contributed by atoms with Gasteiger partial charge in [0, 0.05) is 13.0 Å². The Hall–Kier alpha value is -0.160. The van der Waals surface area contributed by atoms with Crippen LogP contribution in [0.4, 0.5) is 0 Å². The van der Waals surface area contributed by atoms with Crippen molar-refractivity contribution < 1.29 is 19.7 Å². The zero-order valence-corrected chi connectivity index (χ0v) is 7.56. The van der Waals surface area contributed by atoms with Crippen molar-refractivity contribution in [1.29, 1.82) is 0 Å². The molecular formula is C9H16O4. The average Bonchev–Trinajstić information content (AvgIpc) is 2.17. The van der Waals surface area contributed by atoms with Crippen molar-refractivity contribution in [1.82, 2.24) is 0 Å². The lowest BCUT2D eigenvalue weighted by Gasteiger charge is -2.41. The predicted molar refractivity (Wildman–Crippen MR) is 45.3 cm³/mol. The molecule has 2 saturated heterocycles. The van der Waals surface area contributed by atoms with E-state index < -0.39 is 12.2 Å². The van der Waals surface area contributed by atoms with Gasteiger partial charge in [-0.25, -0.2) is 0 Å². The number of aliphatic hydroxyl groups excluding tert-OH is 2. The van der Waals surface area contributed by atoms with Crippen molar-refractivity contribution in [3.63, 3.8) is 0 Å². The molecule has 0 saturated carbocycles. The monoisotopic (exact) mass is 188 g/mol. The number of fused-ring (bicyclic) bond motifs is 1. The van der Waals surface area contributed by atoms with Crippen LogP contribution in [0.3, 0.4) is 0 Å². The van der Waals surface area contributed by atoms with Crippen molar-refractivity contribution in [2.24, 2.45) is 0 Å². The highest BCUT2D eigenvalue weighted by atomic mass is 16.6. The van der Waals surface area contributed by atoms with Gasteiger partial charge in [-0.15, -0.1) is 0 Å². The van der Waals surface area contributed by atoms with Crippen LogP contribution in [-0.2, 0) is 9.47 Å². The molecule has 2 aliphatic heterocycles. The summed E-state index contributed by atoms with van der Waals surface area (Å²) in [6.07, 6.45) is 1.70. The van der Waals surface area contributed by atoms with Gasteiger partial charge in [0.25, 0.3) is 0 Å². The predicted octanol–water partition coefficient (Wildman–Crippen LogP) is -0.324. The van der Waals surface area contributed by atoms with Crippen LogP contribution in [0.15, 0.2) is 0 Å². The van der Waals surface area contributed by atoms with E-state index in [4.69, 9.17) is 14.6 Å². The molecule has 0 aromatic carbocycles. The van der Waals surface area contributed by atoms with Crippen LogP contribution < -0.4 is 0 Å². The van der Waals surface area contributed by atoms with Crippen molar-refractivity contribution in [3.05, 3.63) is 0 Å². The number of hydrogen-bond donors (Lipinski definition) is 2. The van der Waals surface area contributed by atoms with E-state index in [9.17, 15) is 5.11 Å². The summed E-state index contributed by atoms with van der Waals surface area (Å²) in [5.41, 5.74) is 0. The van der Waals surface area contributed by atoms with Crippen LogP contribution in [0.2, 0.25) is 0 Å². The SMILES string of the molecule is OC[C@@H]1O[C@@H]2CCCO[C@H]2C[C@H]1O. The highest BCUT2D eigenvalue weighted by Gasteiger charge is 2.38. The Morgan fingerprint density at radius 1 is 1.31 bits per heavy atom. The molecule has 0 bridgehead atoms. The summed E-state index contributed by atoms with van der Waals surface area (Å²) in [5.74, 6) is 0. The number of ether oxygens (including phenoxy) is 2. The van der Waals surface area contributed by atoms with Gasteiger partial charge in [-0.3, -0.25) is 0 Å². The Kier molecular flexibility index (Phi) is 2.83. The van der Waals surface area contributed by atoms with Gasteiger partial charge in [0.2, 0.25) is 0 Å². The normalized spacial score (nSPS) is 45.7. The molecule has 0 aromatic heterocycles. The zero-order valence-electron chi connectivity index (χ0n) is 7.56. The van der Waals surface area contributed by atoms with Gasteiger partial charge in [-0.2, -0.15) is 0 Å². The summed E-state index contributed by atoms with van der Waals surface area (Å²) in [4.78, 5) is 0. The van der Waals surface area contributed by atoms with Gasteiger partial charge >= 0.3 is 0 Å². The summed E-state index contributed by atoms with van der Waals surface area (Å²) in [7, 11) is 0. The molecule has 0 unspecified atom stereocenters. The molecule has 2 N–H and O–H groups in total. The van der Waals surface area contributed by atoms with E-state index >= 15 is 0 Å². The first-order valence-electron chi connectivity index (χ1n) is 4.87. The van der Waals surface area contributed by atoms with Crippen molar-refractivity contribution in [2.75, 3.05) is 13.2 Å². The van der Waals surface area contributed by atoms with Crippen LogP contribution in [-0.4, -0.2) is 47.8 Å². The van der Waals surface area contributed by atoms with E-state index in [2.05, 4.69) is 0 Å². The molecule has 4 heteroatoms. The fraction of sp³-hybridized carbons (Fsp3) is 1.00. The number of aliphatic hydroxyl groups is 2. The molecule has 0 aromatic rings. The van der Waals surface area contributed by atoms with Gasteiger partial charge in [0.05, 0.1) is 24.9 Å². The number of rotatable bonds is 1. The number of hydrogen-bond acceptors (Lipinski definition) is 4. The van der Waals surface area contributed by atoms with Crippen LogP contribution in [0, 0.1) is 0 Å². The fourth-order valence-electron chi connectivity index (χ4n) is 2.06. The summed E-state index contributed by atoms with van der Waals surface area (Å²) < 4.78 is 11.0. The lowest BCUT2D eigenvalue weighted by Crippen LogP contribution is -2.51. The van der Waals surface area contributed by atoms with Crippen LogP contribution >= 0.6 is 0 Å². The lowest BCUT2D eigenvalue weighted by atomic mass is 9.94. The van der Waals surface area contributed by atoms with Gasteiger partial charge in [0.1, 0.15) is 6.10 Å². The summed E-state index contributed by atoms with van der Waals surface area (Å²) >= 11 is 0. The maximum atomic E-state index is 9.54. The second-order valence-electron chi connectivity index (χ2n) is 3.75. The molecule has 76 valence electrons. The molecular weight excluding hydrogens is 172 g/mol. The zero-order chi connectivity index (χ0) is 9.26. The highest BCUT2D eigenvalue weighted by Crippen LogP contribution is 2.28. The largest absolute Gasteiger partial charge is 0.394 e. The molecule has 2 aliphatic rings. The Balaban J connectivity index is 1.97. The molecule has 2 fully saturated rings. The summed E-state index contributed by atoms with van der Waals surface area (Å²) in [6, 6.07) is 0. The van der Waals surface area contributed by atoms with E-state index in [0.717, 1.165) is 19.4 Å². The second-order valence-corrected chi connectivity index (χ2v) is 3.75. The molecule has 4 atom stereocenters. The highest BCUT2D eigenvalue weighted by molar-refractivity contribution is 4.87. The quantitative estimate of drug-likeness (QED) is 0.592. The molecule has 4 nitrogen and oxygen atoms in total. The molecule has 0 radical (unpaired) electrons. The van der Waals surface area contributed by atoms with E-state index in [0.29, 0.717) is 6.42 Å². The topological polar surface area (TPSA) is 58.9 Å². The molecule has 2 heterocycles. The summed E-state index contributed by atoms with van der Waals surface area (Å²) in [5, 5.41) is 18.5. The maximum Gasteiger partial charge on any atom is 0.107 e. The minimum atomic E-state index is -0.579. The molecule has 13 heavy (non-hydrogen) atoms. The molecule has 0 spiro atoms. The first kappa shape index (κ1) is 9.40. The Bertz CT molecular complexity index is 173. The standard InChI is InChI=1S/C9H16O4/c10-5-9-6(11)4-8-7(13-9)2-1-3-12-8/h6-11H,1-5H2/t6-,7-,8+,9+/m1/s1. The third-order valence-corrected chi connectivity index (χ3v) is 2.81. The van der Waals surface area contributed by atoms with E-state index in [1.54, 1.807) is 0 Å². The molecule has 0 amide bonds. The van der Waals surface area contributed by atoms with Crippen LogP contribution in [0.5, 0.6) is 0 Å². The summed E-state index contributed by atoms with van der Waals surface area (Å²) in [6.45, 7) is 0.658. The minimum Gasteiger partial charge on any atom is -0.394 e. The third-order valence-electron chi connectivity index (χ3n) is 2.81. The van der Waals surface area contributed by atoms with E-state index in [1.807, 2.05) is 0 Å². The minimum absolute atomic E-state index is 0.0338. The van der Waals surface area contributed by atoms with Crippen LogP contribution in [0.1, 0.15) is 19.3 Å². The maximum absolute atomic E-state index is 9.54. The second kappa shape index (κ2) is 3.92. The van der Waals surface area contributed by atoms with E-state index in [-0.39, 0.29) is 18.8 Å². The smallest absolute Gasteiger partial charge is 0.107 e. The fourth-order valence-corrected chi connectivity index (χ4v) is 2.06. The Morgan fingerprint density at radius 2 is 2.15 bits per heavy atom. The first-order valence-corrected chi connectivity index (χ1v) is 4.87. The van der Waals surface area contributed by atoms with Crippen LogP contribution in [0.25, 0.3) is 0 Å². The van der Waals surface area contributed by atoms with Crippen molar-refractivity contribution in [3.8, 4) is 0 Å². The molecule has 0 aliphatic carbocycles. The van der Waals surface area contributed by atoms with Gasteiger partial charge in [-0.05, 0) is 12.8 Å². The van der Waals surface area contributed by atoms with Gasteiger partial charge in [0.15, 0.2) is 0 Å². The Labute approximate surface area is 77.5 Å². The van der Waals surface area contributed by atoms with Crippen molar-refractivity contribution >= 4 is 0 Å². The third kappa shape index (κ3) is 1.86. The van der Waals surface area contributed by atoms with Gasteiger partial charge in [-0.1, -0.05) is 0 Å². The lowest BCUT2D eigenvalue weighted by molar-refractivity contribution is -0.209. The first-order chi connectivity index (χ1) is 6.31.